The molecule has 0 bridgehead atoms. The fourth-order valence-electron chi connectivity index (χ4n) is 2.53. The number of rotatable bonds is 6. The standard InChI is InChI=1S/C13H19N3OS/c1-10-11(16-5-7-18-12(16)15-10)8-14-9-13(2-3-13)4-6-17/h5,7,14,17H,2-4,6,8-9H2,1H3. The first-order valence-corrected chi connectivity index (χ1v) is 7.35. The number of fused-ring (bicyclic) bond motifs is 1. The highest BCUT2D eigenvalue weighted by Crippen LogP contribution is 2.47. The number of aliphatic hydroxyl groups excluding tert-OH is 1. The smallest absolute Gasteiger partial charge is 0.194 e. The van der Waals surface area contributed by atoms with Crippen molar-refractivity contribution in [2.75, 3.05) is 13.2 Å². The van der Waals surface area contributed by atoms with Gasteiger partial charge < -0.3 is 10.4 Å². The van der Waals surface area contributed by atoms with E-state index in [-0.39, 0.29) is 0 Å². The highest BCUT2D eigenvalue weighted by Gasteiger charge is 2.41. The van der Waals surface area contributed by atoms with Crippen LogP contribution in [0, 0.1) is 12.3 Å². The molecule has 0 spiro atoms. The van der Waals surface area contributed by atoms with Gasteiger partial charge in [-0.25, -0.2) is 4.98 Å². The van der Waals surface area contributed by atoms with Crippen LogP contribution in [0.3, 0.4) is 0 Å². The van der Waals surface area contributed by atoms with Gasteiger partial charge in [-0.3, -0.25) is 4.40 Å². The Morgan fingerprint density at radius 1 is 1.56 bits per heavy atom. The largest absolute Gasteiger partial charge is 0.396 e. The van der Waals surface area contributed by atoms with Gasteiger partial charge in [0, 0.05) is 31.3 Å². The van der Waals surface area contributed by atoms with E-state index < -0.39 is 0 Å². The first-order chi connectivity index (χ1) is 8.74. The number of nitrogens with one attached hydrogen (secondary N) is 1. The van der Waals surface area contributed by atoms with E-state index in [4.69, 9.17) is 5.11 Å². The molecule has 1 fully saturated rings. The van der Waals surface area contributed by atoms with Crippen LogP contribution in [0.2, 0.25) is 0 Å². The minimum Gasteiger partial charge on any atom is -0.396 e. The molecule has 5 heteroatoms. The van der Waals surface area contributed by atoms with E-state index in [0.717, 1.165) is 30.2 Å². The van der Waals surface area contributed by atoms with Gasteiger partial charge in [0.25, 0.3) is 0 Å². The van der Waals surface area contributed by atoms with Crippen LogP contribution in [-0.4, -0.2) is 27.6 Å². The Morgan fingerprint density at radius 2 is 2.39 bits per heavy atom. The maximum Gasteiger partial charge on any atom is 0.194 e. The van der Waals surface area contributed by atoms with E-state index in [2.05, 4.69) is 33.2 Å². The van der Waals surface area contributed by atoms with E-state index >= 15 is 0 Å². The fraction of sp³-hybridized carbons (Fsp3) is 0.615. The number of hydrogen-bond donors (Lipinski definition) is 2. The molecule has 0 amide bonds. The summed E-state index contributed by atoms with van der Waals surface area (Å²) in [7, 11) is 0. The summed E-state index contributed by atoms with van der Waals surface area (Å²) in [5, 5.41) is 14.6. The van der Waals surface area contributed by atoms with Crippen molar-refractivity contribution in [1.29, 1.82) is 0 Å². The number of aryl methyl sites for hydroxylation is 1. The lowest BCUT2D eigenvalue weighted by Gasteiger charge is -2.14. The molecule has 1 saturated carbocycles. The predicted molar refractivity (Wildman–Crippen MR) is 72.9 cm³/mol. The van der Waals surface area contributed by atoms with Gasteiger partial charge in [-0.1, -0.05) is 0 Å². The quantitative estimate of drug-likeness (QED) is 0.839. The van der Waals surface area contributed by atoms with Crippen molar-refractivity contribution in [2.45, 2.75) is 32.7 Å². The van der Waals surface area contributed by atoms with Crippen LogP contribution in [0.1, 0.15) is 30.7 Å². The third-order valence-corrected chi connectivity index (χ3v) is 4.71. The lowest BCUT2D eigenvalue weighted by atomic mass is 10.0. The molecule has 0 unspecified atom stereocenters. The Morgan fingerprint density at radius 3 is 3.11 bits per heavy atom. The number of thiazole rings is 1. The van der Waals surface area contributed by atoms with Gasteiger partial charge in [-0.15, -0.1) is 11.3 Å². The van der Waals surface area contributed by atoms with Crippen LogP contribution in [0.5, 0.6) is 0 Å². The Labute approximate surface area is 111 Å². The topological polar surface area (TPSA) is 49.6 Å². The minimum absolute atomic E-state index is 0.308. The molecule has 18 heavy (non-hydrogen) atoms. The molecular formula is C13H19N3OS. The average Bonchev–Trinajstić information content (AvgIpc) is 2.83. The van der Waals surface area contributed by atoms with Crippen molar-refractivity contribution < 1.29 is 5.11 Å². The Balaban J connectivity index is 1.63. The third kappa shape index (κ3) is 2.18. The molecule has 4 nitrogen and oxygen atoms in total. The zero-order valence-electron chi connectivity index (χ0n) is 10.6. The summed E-state index contributed by atoms with van der Waals surface area (Å²) < 4.78 is 2.17. The molecule has 1 aliphatic carbocycles. The number of aliphatic hydroxyl groups is 1. The molecule has 2 heterocycles. The summed E-state index contributed by atoms with van der Waals surface area (Å²) in [5.41, 5.74) is 2.74. The third-order valence-electron chi connectivity index (χ3n) is 3.95. The van der Waals surface area contributed by atoms with Crippen LogP contribution < -0.4 is 5.32 Å². The summed E-state index contributed by atoms with van der Waals surface area (Å²) in [5.74, 6) is 0. The lowest BCUT2D eigenvalue weighted by molar-refractivity contribution is 0.245. The van der Waals surface area contributed by atoms with Crippen molar-refractivity contribution in [3.05, 3.63) is 23.0 Å². The summed E-state index contributed by atoms with van der Waals surface area (Å²) in [6.45, 7) is 4.24. The normalized spacial score (nSPS) is 17.4. The van der Waals surface area contributed by atoms with Crippen LogP contribution in [0.4, 0.5) is 0 Å². The van der Waals surface area contributed by atoms with E-state index in [9.17, 15) is 0 Å². The van der Waals surface area contributed by atoms with Crippen molar-refractivity contribution >= 4 is 16.3 Å². The Hall–Kier alpha value is -0.910. The molecule has 1 aliphatic rings. The first kappa shape index (κ1) is 12.1. The fourth-order valence-corrected chi connectivity index (χ4v) is 3.31. The number of nitrogens with zero attached hydrogens (tertiary/aromatic N) is 2. The molecule has 2 aromatic rings. The van der Waals surface area contributed by atoms with Gasteiger partial charge in [0.05, 0.1) is 11.4 Å². The van der Waals surface area contributed by atoms with E-state index in [1.54, 1.807) is 11.3 Å². The second-order valence-electron chi connectivity index (χ2n) is 5.28. The highest BCUT2D eigenvalue weighted by atomic mass is 32.1. The van der Waals surface area contributed by atoms with Crippen LogP contribution >= 0.6 is 11.3 Å². The monoisotopic (exact) mass is 265 g/mol. The molecule has 0 aromatic carbocycles. The van der Waals surface area contributed by atoms with Crippen LogP contribution in [0.15, 0.2) is 11.6 Å². The second kappa shape index (κ2) is 4.64. The summed E-state index contributed by atoms with van der Waals surface area (Å²) >= 11 is 1.67. The lowest BCUT2D eigenvalue weighted by Crippen LogP contribution is -2.25. The van der Waals surface area contributed by atoms with E-state index in [1.165, 1.54) is 18.5 Å². The van der Waals surface area contributed by atoms with Crippen molar-refractivity contribution in [3.63, 3.8) is 0 Å². The van der Waals surface area contributed by atoms with Crippen molar-refractivity contribution in [1.82, 2.24) is 14.7 Å². The zero-order valence-corrected chi connectivity index (χ0v) is 11.5. The van der Waals surface area contributed by atoms with Gasteiger partial charge in [0.15, 0.2) is 4.96 Å². The molecule has 0 aliphatic heterocycles. The van der Waals surface area contributed by atoms with Gasteiger partial charge in [0.1, 0.15) is 0 Å². The van der Waals surface area contributed by atoms with E-state index in [1.807, 2.05) is 0 Å². The SMILES string of the molecule is Cc1nc2sccn2c1CNCC1(CCO)CC1. The summed E-state index contributed by atoms with van der Waals surface area (Å²) in [6.07, 6.45) is 5.51. The van der Waals surface area contributed by atoms with Gasteiger partial charge in [-0.05, 0) is 31.6 Å². The average molecular weight is 265 g/mol. The zero-order chi connectivity index (χ0) is 12.6. The molecule has 0 radical (unpaired) electrons. The molecule has 3 rings (SSSR count). The highest BCUT2D eigenvalue weighted by molar-refractivity contribution is 7.15. The molecular weight excluding hydrogens is 246 g/mol. The Kier molecular flexibility index (Phi) is 3.13. The number of hydrogen-bond acceptors (Lipinski definition) is 4. The van der Waals surface area contributed by atoms with Gasteiger partial charge in [-0.2, -0.15) is 0 Å². The van der Waals surface area contributed by atoms with Crippen molar-refractivity contribution in [2.24, 2.45) is 5.41 Å². The van der Waals surface area contributed by atoms with Crippen LogP contribution in [-0.2, 0) is 6.54 Å². The van der Waals surface area contributed by atoms with Crippen LogP contribution in [0.25, 0.3) is 4.96 Å². The first-order valence-electron chi connectivity index (χ1n) is 6.47. The van der Waals surface area contributed by atoms with Gasteiger partial charge >= 0.3 is 0 Å². The molecule has 98 valence electrons. The molecule has 2 N–H and O–H groups in total. The van der Waals surface area contributed by atoms with E-state index in [0.29, 0.717) is 12.0 Å². The van der Waals surface area contributed by atoms with Crippen molar-refractivity contribution in [3.8, 4) is 0 Å². The maximum absolute atomic E-state index is 9.04. The summed E-state index contributed by atoms with van der Waals surface area (Å²) in [4.78, 5) is 5.61. The van der Waals surface area contributed by atoms with Gasteiger partial charge in [0.2, 0.25) is 0 Å². The minimum atomic E-state index is 0.308. The predicted octanol–water partition coefficient (Wildman–Crippen LogP) is 1.96. The number of aromatic nitrogens is 2. The second-order valence-corrected chi connectivity index (χ2v) is 6.15. The maximum atomic E-state index is 9.04. The Bertz CT molecular complexity index is 541. The molecule has 2 aromatic heterocycles. The summed E-state index contributed by atoms with van der Waals surface area (Å²) in [6, 6.07) is 0. The number of imidazole rings is 1. The molecule has 0 saturated heterocycles. The molecule has 0 atom stereocenters.